The minimum Gasteiger partial charge on any atom is -0.457 e. The van der Waals surface area contributed by atoms with Gasteiger partial charge in [-0.25, -0.2) is 4.39 Å². The highest BCUT2D eigenvalue weighted by Crippen LogP contribution is 2.39. The number of thioether (sulfide) groups is 1. The molecule has 0 radical (unpaired) electrons. The van der Waals surface area contributed by atoms with E-state index in [9.17, 15) is 9.18 Å². The van der Waals surface area contributed by atoms with Gasteiger partial charge in [-0.2, -0.15) is 0 Å². The van der Waals surface area contributed by atoms with Crippen LogP contribution in [0.2, 0.25) is 5.02 Å². The van der Waals surface area contributed by atoms with Gasteiger partial charge in [0.15, 0.2) is 0 Å². The van der Waals surface area contributed by atoms with Gasteiger partial charge < -0.3 is 9.64 Å². The molecule has 6 heteroatoms. The Morgan fingerprint density at radius 2 is 1.79 bits per heavy atom. The van der Waals surface area contributed by atoms with Gasteiger partial charge in [0.25, 0.3) is 5.91 Å². The number of carbonyl (C=O) groups excluding carboxylic acids is 1. The first-order valence-corrected chi connectivity index (χ1v) is 10.2. The van der Waals surface area contributed by atoms with Crippen LogP contribution in [0.15, 0.2) is 72.8 Å². The highest BCUT2D eigenvalue weighted by molar-refractivity contribution is 7.99. The molecule has 28 heavy (non-hydrogen) atoms. The van der Waals surface area contributed by atoms with Gasteiger partial charge in [0.1, 0.15) is 22.7 Å². The summed E-state index contributed by atoms with van der Waals surface area (Å²) >= 11 is 7.72. The molecule has 1 atom stereocenters. The fourth-order valence-corrected chi connectivity index (χ4v) is 4.46. The van der Waals surface area contributed by atoms with Gasteiger partial charge in [0, 0.05) is 22.9 Å². The number of carbonyl (C=O) groups is 1. The van der Waals surface area contributed by atoms with Crippen molar-refractivity contribution in [3.63, 3.8) is 0 Å². The fraction of sp³-hybridized carbons (Fsp3) is 0.136. The van der Waals surface area contributed by atoms with Crippen LogP contribution in [-0.2, 0) is 0 Å². The van der Waals surface area contributed by atoms with Crippen molar-refractivity contribution in [2.24, 2.45) is 0 Å². The lowest BCUT2D eigenvalue weighted by Crippen LogP contribution is -2.30. The van der Waals surface area contributed by atoms with Crippen LogP contribution in [0.4, 0.5) is 4.39 Å². The molecule has 3 aromatic rings. The maximum atomic E-state index is 13.1. The number of halogens is 2. The lowest BCUT2D eigenvalue weighted by Gasteiger charge is -2.24. The molecule has 1 aliphatic rings. The molecule has 0 aliphatic carbocycles. The van der Waals surface area contributed by atoms with E-state index >= 15 is 0 Å². The van der Waals surface area contributed by atoms with Gasteiger partial charge in [0.05, 0.1) is 0 Å². The zero-order chi connectivity index (χ0) is 19.5. The second-order valence-electron chi connectivity index (χ2n) is 6.36. The average Bonchev–Trinajstić information content (AvgIpc) is 3.20. The SMILES string of the molecule is O=C(c1cccc(Oc2ccc(F)cc2)c1)N1CCSC1c1ccc(Cl)cc1. The number of hydrogen-bond acceptors (Lipinski definition) is 3. The summed E-state index contributed by atoms with van der Waals surface area (Å²) in [7, 11) is 0. The van der Waals surface area contributed by atoms with Gasteiger partial charge in [-0.1, -0.05) is 29.8 Å². The Balaban J connectivity index is 1.54. The predicted molar refractivity (Wildman–Crippen MR) is 111 cm³/mol. The van der Waals surface area contributed by atoms with E-state index in [0.717, 1.165) is 11.3 Å². The van der Waals surface area contributed by atoms with Crippen molar-refractivity contribution < 1.29 is 13.9 Å². The van der Waals surface area contributed by atoms with E-state index < -0.39 is 0 Å². The van der Waals surface area contributed by atoms with Crippen LogP contribution < -0.4 is 4.74 Å². The first-order valence-electron chi connectivity index (χ1n) is 8.82. The third-order valence-electron chi connectivity index (χ3n) is 4.44. The first kappa shape index (κ1) is 18.8. The van der Waals surface area contributed by atoms with Crippen LogP contribution >= 0.6 is 23.4 Å². The van der Waals surface area contributed by atoms with Gasteiger partial charge in [0.2, 0.25) is 0 Å². The molecule has 0 aromatic heterocycles. The van der Waals surface area contributed by atoms with E-state index in [1.54, 1.807) is 48.2 Å². The second kappa shape index (κ2) is 8.25. The van der Waals surface area contributed by atoms with Crippen molar-refractivity contribution in [2.45, 2.75) is 5.37 Å². The Kier molecular flexibility index (Phi) is 5.55. The zero-order valence-corrected chi connectivity index (χ0v) is 16.4. The molecular formula is C22H17ClFNO2S. The smallest absolute Gasteiger partial charge is 0.255 e. The maximum Gasteiger partial charge on any atom is 0.255 e. The van der Waals surface area contributed by atoms with E-state index in [2.05, 4.69) is 0 Å². The van der Waals surface area contributed by atoms with Crippen LogP contribution in [0, 0.1) is 5.82 Å². The number of rotatable bonds is 4. The van der Waals surface area contributed by atoms with Crippen LogP contribution in [0.1, 0.15) is 21.3 Å². The molecule has 1 unspecified atom stereocenters. The van der Waals surface area contributed by atoms with Crippen molar-refractivity contribution in [1.82, 2.24) is 4.90 Å². The standard InChI is InChI=1S/C22H17ClFNO2S/c23-17-6-4-15(5-7-17)22-25(12-13-28-22)21(26)16-2-1-3-20(14-16)27-19-10-8-18(24)9-11-19/h1-11,14,22H,12-13H2. The number of hydrogen-bond donors (Lipinski definition) is 0. The summed E-state index contributed by atoms with van der Waals surface area (Å²) in [5.41, 5.74) is 1.61. The molecule has 0 bridgehead atoms. The minimum absolute atomic E-state index is 0.0357. The number of benzene rings is 3. The van der Waals surface area contributed by atoms with Crippen molar-refractivity contribution in [1.29, 1.82) is 0 Å². The van der Waals surface area contributed by atoms with E-state index in [4.69, 9.17) is 16.3 Å². The van der Waals surface area contributed by atoms with E-state index in [1.165, 1.54) is 12.1 Å². The highest BCUT2D eigenvalue weighted by Gasteiger charge is 2.31. The second-order valence-corrected chi connectivity index (χ2v) is 7.98. The molecular weight excluding hydrogens is 397 g/mol. The molecule has 1 heterocycles. The van der Waals surface area contributed by atoms with E-state index in [-0.39, 0.29) is 17.1 Å². The van der Waals surface area contributed by atoms with Crippen molar-refractivity contribution in [3.8, 4) is 11.5 Å². The third-order valence-corrected chi connectivity index (χ3v) is 5.95. The predicted octanol–water partition coefficient (Wildman–Crippen LogP) is 6.16. The van der Waals surface area contributed by atoms with Crippen molar-refractivity contribution >= 4 is 29.3 Å². The summed E-state index contributed by atoms with van der Waals surface area (Å²) in [6, 6.07) is 20.4. The molecule has 0 N–H and O–H groups in total. The van der Waals surface area contributed by atoms with E-state index in [1.807, 2.05) is 29.2 Å². The van der Waals surface area contributed by atoms with Crippen LogP contribution in [0.25, 0.3) is 0 Å². The number of ether oxygens (including phenoxy) is 1. The third kappa shape index (κ3) is 4.16. The fourth-order valence-electron chi connectivity index (χ4n) is 3.08. The topological polar surface area (TPSA) is 29.5 Å². The summed E-state index contributed by atoms with van der Waals surface area (Å²) in [5.74, 6) is 1.56. The van der Waals surface area contributed by atoms with Gasteiger partial charge >= 0.3 is 0 Å². The van der Waals surface area contributed by atoms with Crippen molar-refractivity contribution in [3.05, 3.63) is 94.8 Å². The van der Waals surface area contributed by atoms with Crippen LogP contribution in [-0.4, -0.2) is 23.1 Å². The molecule has 3 aromatic carbocycles. The molecule has 3 nitrogen and oxygen atoms in total. The Morgan fingerprint density at radius 3 is 2.54 bits per heavy atom. The molecule has 1 saturated heterocycles. The molecule has 1 aliphatic heterocycles. The zero-order valence-electron chi connectivity index (χ0n) is 14.8. The highest BCUT2D eigenvalue weighted by atomic mass is 35.5. The Hall–Kier alpha value is -2.50. The number of nitrogens with zero attached hydrogens (tertiary/aromatic N) is 1. The summed E-state index contributed by atoms with van der Waals surface area (Å²) in [5, 5.41) is 0.640. The average molecular weight is 414 g/mol. The molecule has 142 valence electrons. The van der Waals surface area contributed by atoms with Gasteiger partial charge in [-0.05, 0) is 60.2 Å². The Bertz CT molecular complexity index is 979. The molecule has 1 fully saturated rings. The van der Waals surface area contributed by atoms with Crippen LogP contribution in [0.5, 0.6) is 11.5 Å². The summed E-state index contributed by atoms with van der Waals surface area (Å²) in [6.45, 7) is 0.680. The molecule has 1 amide bonds. The lowest BCUT2D eigenvalue weighted by molar-refractivity contribution is 0.0760. The Morgan fingerprint density at radius 1 is 1.04 bits per heavy atom. The summed E-state index contributed by atoms with van der Waals surface area (Å²) in [6.07, 6.45) is 0. The lowest BCUT2D eigenvalue weighted by atomic mass is 10.1. The monoisotopic (exact) mass is 413 g/mol. The van der Waals surface area contributed by atoms with Crippen molar-refractivity contribution in [2.75, 3.05) is 12.3 Å². The largest absolute Gasteiger partial charge is 0.457 e. The summed E-state index contributed by atoms with van der Waals surface area (Å²) in [4.78, 5) is 15.0. The Labute approximate surface area is 172 Å². The number of amides is 1. The molecule has 0 saturated carbocycles. The van der Waals surface area contributed by atoms with Crippen LogP contribution in [0.3, 0.4) is 0 Å². The minimum atomic E-state index is -0.323. The quantitative estimate of drug-likeness (QED) is 0.513. The maximum absolute atomic E-state index is 13.1. The van der Waals surface area contributed by atoms with Gasteiger partial charge in [-0.3, -0.25) is 4.79 Å². The molecule has 4 rings (SSSR count). The molecule has 0 spiro atoms. The normalized spacial score (nSPS) is 16.2. The summed E-state index contributed by atoms with van der Waals surface area (Å²) < 4.78 is 18.8. The van der Waals surface area contributed by atoms with Gasteiger partial charge in [-0.15, -0.1) is 11.8 Å². The first-order chi connectivity index (χ1) is 13.6. The van der Waals surface area contributed by atoms with E-state index in [0.29, 0.717) is 28.6 Å².